The number of benzene rings is 1. The van der Waals surface area contributed by atoms with Crippen LogP contribution in [0.25, 0.3) is 10.9 Å². The van der Waals surface area contributed by atoms with Gasteiger partial charge in [-0.25, -0.2) is 4.79 Å². The number of hydrogen-bond donors (Lipinski definition) is 1. The Hall–Kier alpha value is -2.05. The highest BCUT2D eigenvalue weighted by molar-refractivity contribution is 5.81. The number of fused-ring (bicyclic) bond motifs is 1. The lowest BCUT2D eigenvalue weighted by atomic mass is 9.95. The lowest BCUT2D eigenvalue weighted by Gasteiger charge is -2.23. The maximum absolute atomic E-state index is 13.0. The second-order valence-corrected chi connectivity index (χ2v) is 5.62. The Bertz CT molecular complexity index is 814. The molecule has 3 rings (SSSR count). The highest BCUT2D eigenvalue weighted by Crippen LogP contribution is 2.33. The van der Waals surface area contributed by atoms with Gasteiger partial charge in [0.2, 0.25) is 0 Å². The van der Waals surface area contributed by atoms with Gasteiger partial charge >= 0.3 is 11.9 Å². The van der Waals surface area contributed by atoms with E-state index in [9.17, 15) is 22.8 Å². The summed E-state index contributed by atoms with van der Waals surface area (Å²) >= 11 is 0. The summed E-state index contributed by atoms with van der Waals surface area (Å²) in [5.41, 5.74) is -2.83. The van der Waals surface area contributed by atoms with Gasteiger partial charge in [0.1, 0.15) is 0 Å². The third-order valence-electron chi connectivity index (χ3n) is 4.21. The number of halogens is 3. The molecule has 0 aliphatic heterocycles. The number of nitrogens with zero attached hydrogens (tertiary/aromatic N) is 1. The molecule has 1 fully saturated rings. The second-order valence-electron chi connectivity index (χ2n) is 5.62. The fourth-order valence-corrected chi connectivity index (χ4v) is 3.16. The molecule has 1 saturated carbocycles. The van der Waals surface area contributed by atoms with Gasteiger partial charge < -0.3 is 4.98 Å². The van der Waals surface area contributed by atoms with E-state index >= 15 is 0 Å². The van der Waals surface area contributed by atoms with Crippen LogP contribution in [0.5, 0.6) is 0 Å². The van der Waals surface area contributed by atoms with Gasteiger partial charge in [-0.15, -0.1) is 0 Å². The molecule has 7 heteroatoms. The van der Waals surface area contributed by atoms with Crippen molar-refractivity contribution in [2.75, 3.05) is 0 Å². The van der Waals surface area contributed by atoms with Crippen LogP contribution in [0.1, 0.15) is 43.7 Å². The van der Waals surface area contributed by atoms with E-state index in [4.69, 9.17) is 0 Å². The lowest BCUT2D eigenvalue weighted by Crippen LogP contribution is -2.39. The van der Waals surface area contributed by atoms with Gasteiger partial charge in [0.15, 0.2) is 0 Å². The minimum Gasteiger partial charge on any atom is -0.306 e. The quantitative estimate of drug-likeness (QED) is 0.879. The standard InChI is InChI=1S/C15H15F3N2O2/c16-15(17,18)11-8-4-7-10-12(11)19-14(22)20(13(10)21)9-5-2-1-3-6-9/h4,7-9H,1-3,5-6H2,(H,19,22). The van der Waals surface area contributed by atoms with E-state index in [0.29, 0.717) is 12.8 Å². The molecule has 1 aromatic heterocycles. The first-order valence-electron chi connectivity index (χ1n) is 7.24. The van der Waals surface area contributed by atoms with Crippen LogP contribution in [0.15, 0.2) is 27.8 Å². The van der Waals surface area contributed by atoms with Crippen LogP contribution in [0.2, 0.25) is 0 Å². The molecular formula is C15H15F3N2O2. The number of rotatable bonds is 1. The van der Waals surface area contributed by atoms with Gasteiger partial charge in [0.05, 0.1) is 16.5 Å². The van der Waals surface area contributed by atoms with E-state index in [-0.39, 0.29) is 11.4 Å². The van der Waals surface area contributed by atoms with Crippen molar-refractivity contribution in [2.24, 2.45) is 0 Å². The molecular weight excluding hydrogens is 297 g/mol. The maximum Gasteiger partial charge on any atom is 0.418 e. The van der Waals surface area contributed by atoms with Gasteiger partial charge in [-0.3, -0.25) is 9.36 Å². The van der Waals surface area contributed by atoms with E-state index in [2.05, 4.69) is 4.98 Å². The number of para-hydroxylation sites is 1. The summed E-state index contributed by atoms with van der Waals surface area (Å²) in [5.74, 6) is 0. The summed E-state index contributed by atoms with van der Waals surface area (Å²) in [6.07, 6.45) is -0.337. The van der Waals surface area contributed by atoms with Crippen molar-refractivity contribution < 1.29 is 13.2 Å². The Balaban J connectivity index is 2.27. The minimum atomic E-state index is -4.62. The van der Waals surface area contributed by atoms with Crippen molar-refractivity contribution >= 4 is 10.9 Å². The highest BCUT2D eigenvalue weighted by atomic mass is 19.4. The van der Waals surface area contributed by atoms with Crippen LogP contribution in [0.3, 0.4) is 0 Å². The van der Waals surface area contributed by atoms with Crippen molar-refractivity contribution in [3.05, 3.63) is 44.6 Å². The number of nitrogens with one attached hydrogen (secondary N) is 1. The van der Waals surface area contributed by atoms with Crippen LogP contribution in [0, 0.1) is 0 Å². The van der Waals surface area contributed by atoms with E-state index in [1.807, 2.05) is 0 Å². The van der Waals surface area contributed by atoms with E-state index in [1.54, 1.807) is 0 Å². The van der Waals surface area contributed by atoms with Crippen molar-refractivity contribution in [2.45, 2.75) is 44.3 Å². The summed E-state index contributed by atoms with van der Waals surface area (Å²) < 4.78 is 40.1. The number of aromatic nitrogens is 2. The molecule has 0 amide bonds. The predicted octanol–water partition coefficient (Wildman–Crippen LogP) is 3.21. The highest BCUT2D eigenvalue weighted by Gasteiger charge is 2.33. The molecule has 118 valence electrons. The Morgan fingerprint density at radius 2 is 1.77 bits per heavy atom. The summed E-state index contributed by atoms with van der Waals surface area (Å²) in [4.78, 5) is 26.9. The molecule has 0 spiro atoms. The monoisotopic (exact) mass is 312 g/mol. The molecule has 4 nitrogen and oxygen atoms in total. The Morgan fingerprint density at radius 1 is 1.09 bits per heavy atom. The molecule has 0 bridgehead atoms. The van der Waals surface area contributed by atoms with E-state index in [1.165, 1.54) is 12.1 Å². The summed E-state index contributed by atoms with van der Waals surface area (Å²) in [6, 6.07) is 3.14. The summed E-state index contributed by atoms with van der Waals surface area (Å²) in [5, 5.41) is -0.0972. The zero-order chi connectivity index (χ0) is 15.9. The van der Waals surface area contributed by atoms with Gasteiger partial charge in [-0.05, 0) is 25.0 Å². The smallest absolute Gasteiger partial charge is 0.306 e. The Kier molecular flexibility index (Phi) is 3.58. The molecule has 0 unspecified atom stereocenters. The average molecular weight is 312 g/mol. The van der Waals surface area contributed by atoms with Gasteiger partial charge in [0, 0.05) is 6.04 Å². The van der Waals surface area contributed by atoms with Gasteiger partial charge in [-0.2, -0.15) is 13.2 Å². The molecule has 1 N–H and O–H groups in total. The molecule has 22 heavy (non-hydrogen) atoms. The number of H-pyrrole nitrogens is 1. The number of aromatic amines is 1. The third kappa shape index (κ3) is 2.44. The summed E-state index contributed by atoms with van der Waals surface area (Å²) in [6.45, 7) is 0. The van der Waals surface area contributed by atoms with Crippen molar-refractivity contribution in [1.82, 2.24) is 9.55 Å². The summed E-state index contributed by atoms with van der Waals surface area (Å²) in [7, 11) is 0. The normalized spacial score (nSPS) is 17.0. The molecule has 0 saturated heterocycles. The molecule has 0 radical (unpaired) electrons. The topological polar surface area (TPSA) is 54.9 Å². The fraction of sp³-hybridized carbons (Fsp3) is 0.467. The average Bonchev–Trinajstić information content (AvgIpc) is 2.47. The molecule has 1 heterocycles. The SMILES string of the molecule is O=c1[nH]c2c(C(F)(F)F)cccc2c(=O)n1C1CCCCC1. The molecule has 1 aliphatic carbocycles. The van der Waals surface area contributed by atoms with Gasteiger partial charge in [0.25, 0.3) is 5.56 Å². The fourth-order valence-electron chi connectivity index (χ4n) is 3.16. The van der Waals surface area contributed by atoms with Crippen LogP contribution in [-0.2, 0) is 6.18 Å². The minimum absolute atomic E-state index is 0.0972. The maximum atomic E-state index is 13.0. The number of alkyl halides is 3. The van der Waals surface area contributed by atoms with Crippen LogP contribution in [-0.4, -0.2) is 9.55 Å². The molecule has 0 atom stereocenters. The van der Waals surface area contributed by atoms with Crippen molar-refractivity contribution in [3.63, 3.8) is 0 Å². The zero-order valence-electron chi connectivity index (χ0n) is 11.7. The van der Waals surface area contributed by atoms with E-state index < -0.39 is 28.5 Å². The number of hydrogen-bond acceptors (Lipinski definition) is 2. The van der Waals surface area contributed by atoms with Gasteiger partial charge in [-0.1, -0.05) is 25.3 Å². The molecule has 1 aromatic carbocycles. The lowest BCUT2D eigenvalue weighted by molar-refractivity contribution is -0.136. The van der Waals surface area contributed by atoms with Crippen LogP contribution in [0.4, 0.5) is 13.2 Å². The van der Waals surface area contributed by atoms with E-state index in [0.717, 1.165) is 29.9 Å². The Labute approximate surface area is 123 Å². The zero-order valence-corrected chi connectivity index (χ0v) is 11.7. The van der Waals surface area contributed by atoms with Crippen LogP contribution < -0.4 is 11.2 Å². The first-order valence-corrected chi connectivity index (χ1v) is 7.24. The third-order valence-corrected chi connectivity index (χ3v) is 4.21. The largest absolute Gasteiger partial charge is 0.418 e. The van der Waals surface area contributed by atoms with Crippen molar-refractivity contribution in [3.8, 4) is 0 Å². The van der Waals surface area contributed by atoms with Crippen LogP contribution >= 0.6 is 0 Å². The first-order chi connectivity index (χ1) is 10.4. The second kappa shape index (κ2) is 5.30. The first kappa shape index (κ1) is 14.9. The predicted molar refractivity (Wildman–Crippen MR) is 76.0 cm³/mol. The molecule has 2 aromatic rings. The Morgan fingerprint density at radius 3 is 2.41 bits per heavy atom. The molecule has 1 aliphatic rings. The van der Waals surface area contributed by atoms with Crippen molar-refractivity contribution in [1.29, 1.82) is 0 Å².